The molecule has 1 atom stereocenters. The minimum atomic E-state index is -0.0863. The van der Waals surface area contributed by atoms with Gasteiger partial charge in [0.2, 0.25) is 0 Å². The van der Waals surface area contributed by atoms with Gasteiger partial charge in [0.1, 0.15) is 5.75 Å². The smallest absolute Gasteiger partial charge is 0.122 e. The first kappa shape index (κ1) is 12.1. The molecule has 3 heteroatoms. The number of nitrogens with one attached hydrogen (secondary N) is 1. The van der Waals surface area contributed by atoms with Crippen molar-refractivity contribution >= 4 is 5.69 Å². The zero-order valence-corrected chi connectivity index (χ0v) is 11.0. The van der Waals surface area contributed by atoms with Gasteiger partial charge in [0, 0.05) is 19.2 Å². The summed E-state index contributed by atoms with van der Waals surface area (Å²) in [6.07, 6.45) is 0.981. The lowest BCUT2D eigenvalue weighted by Gasteiger charge is -2.14. The second-order valence-electron chi connectivity index (χ2n) is 4.82. The van der Waals surface area contributed by atoms with Crippen molar-refractivity contribution in [2.75, 3.05) is 19.0 Å². The maximum Gasteiger partial charge on any atom is 0.122 e. The lowest BCUT2D eigenvalue weighted by atomic mass is 9.97. The van der Waals surface area contributed by atoms with Crippen molar-refractivity contribution in [3.63, 3.8) is 0 Å². The highest BCUT2D eigenvalue weighted by molar-refractivity contribution is 5.47. The van der Waals surface area contributed by atoms with E-state index < -0.39 is 0 Å². The summed E-state index contributed by atoms with van der Waals surface area (Å²) in [5.41, 5.74) is 11.0. The second kappa shape index (κ2) is 4.94. The van der Waals surface area contributed by atoms with Gasteiger partial charge < -0.3 is 15.8 Å². The highest BCUT2D eigenvalue weighted by atomic mass is 16.5. The van der Waals surface area contributed by atoms with Crippen LogP contribution in [0.1, 0.15) is 22.7 Å². The van der Waals surface area contributed by atoms with Crippen LogP contribution in [0.15, 0.2) is 42.5 Å². The largest absolute Gasteiger partial charge is 0.493 e. The maximum atomic E-state index is 6.34. The Kier molecular flexibility index (Phi) is 3.13. The number of hydrogen-bond donors (Lipinski definition) is 2. The van der Waals surface area contributed by atoms with Gasteiger partial charge in [-0.3, -0.25) is 0 Å². The molecule has 1 heterocycles. The van der Waals surface area contributed by atoms with Crippen molar-refractivity contribution in [2.45, 2.75) is 12.5 Å². The van der Waals surface area contributed by atoms with E-state index in [1.807, 2.05) is 25.2 Å². The molecular formula is C16H18N2O. The Bertz CT molecular complexity index is 578. The fourth-order valence-corrected chi connectivity index (χ4v) is 2.45. The van der Waals surface area contributed by atoms with Crippen molar-refractivity contribution < 1.29 is 4.74 Å². The molecule has 3 nitrogen and oxygen atoms in total. The Morgan fingerprint density at radius 3 is 2.58 bits per heavy atom. The van der Waals surface area contributed by atoms with Gasteiger partial charge in [-0.15, -0.1) is 0 Å². The Morgan fingerprint density at radius 1 is 1.11 bits per heavy atom. The van der Waals surface area contributed by atoms with Gasteiger partial charge >= 0.3 is 0 Å². The normalized spacial score (nSPS) is 14.6. The molecule has 0 saturated carbocycles. The SMILES string of the molecule is CNc1ccc(C(N)c2ccc3c(c2)CCO3)cc1. The first-order valence-electron chi connectivity index (χ1n) is 6.57. The minimum absolute atomic E-state index is 0.0863. The Balaban J connectivity index is 1.88. The van der Waals surface area contributed by atoms with Gasteiger partial charge in [0.05, 0.1) is 12.6 Å². The number of nitrogens with two attached hydrogens (primary N) is 1. The average Bonchev–Trinajstić information content (AvgIpc) is 2.94. The third kappa shape index (κ3) is 2.29. The highest BCUT2D eigenvalue weighted by Crippen LogP contribution is 2.29. The quantitative estimate of drug-likeness (QED) is 0.885. The molecule has 0 aliphatic carbocycles. The summed E-state index contributed by atoms with van der Waals surface area (Å²) in [7, 11) is 1.91. The van der Waals surface area contributed by atoms with E-state index in [-0.39, 0.29) is 6.04 Å². The number of hydrogen-bond acceptors (Lipinski definition) is 3. The summed E-state index contributed by atoms with van der Waals surface area (Å²) in [6, 6.07) is 14.4. The lowest BCUT2D eigenvalue weighted by Crippen LogP contribution is -2.12. The third-order valence-corrected chi connectivity index (χ3v) is 3.63. The number of fused-ring (bicyclic) bond motifs is 1. The molecule has 0 radical (unpaired) electrons. The van der Waals surface area contributed by atoms with Crippen molar-refractivity contribution in [3.8, 4) is 5.75 Å². The molecule has 3 N–H and O–H groups in total. The molecule has 0 bridgehead atoms. The average molecular weight is 254 g/mol. The van der Waals surface area contributed by atoms with Crippen LogP contribution in [0.25, 0.3) is 0 Å². The Morgan fingerprint density at radius 2 is 1.84 bits per heavy atom. The molecule has 1 aliphatic heterocycles. The summed E-state index contributed by atoms with van der Waals surface area (Å²) < 4.78 is 5.52. The van der Waals surface area contributed by atoms with Gasteiger partial charge in [-0.1, -0.05) is 24.3 Å². The zero-order chi connectivity index (χ0) is 13.2. The first-order valence-corrected chi connectivity index (χ1v) is 6.57. The van der Waals surface area contributed by atoms with E-state index in [1.54, 1.807) is 0 Å². The van der Waals surface area contributed by atoms with Crippen LogP contribution < -0.4 is 15.8 Å². The van der Waals surface area contributed by atoms with E-state index in [9.17, 15) is 0 Å². The van der Waals surface area contributed by atoms with E-state index in [4.69, 9.17) is 10.5 Å². The standard InChI is InChI=1S/C16H18N2O/c1-18-14-5-2-11(3-6-14)16(17)13-4-7-15-12(10-13)8-9-19-15/h2-7,10,16,18H,8-9,17H2,1H3. The Labute approximate surface area is 113 Å². The molecule has 98 valence electrons. The first-order chi connectivity index (χ1) is 9.28. The third-order valence-electron chi connectivity index (χ3n) is 3.63. The van der Waals surface area contributed by atoms with E-state index in [0.29, 0.717) is 0 Å². The molecule has 1 unspecified atom stereocenters. The molecule has 1 aliphatic rings. The number of benzene rings is 2. The molecule has 3 rings (SSSR count). The van der Waals surface area contributed by atoms with Gasteiger partial charge in [-0.05, 0) is 34.9 Å². The molecule has 0 fully saturated rings. The summed E-state index contributed by atoms with van der Waals surface area (Å²) in [4.78, 5) is 0. The lowest BCUT2D eigenvalue weighted by molar-refractivity contribution is 0.357. The number of ether oxygens (including phenoxy) is 1. The molecule has 2 aromatic rings. The Hall–Kier alpha value is -2.00. The van der Waals surface area contributed by atoms with E-state index >= 15 is 0 Å². The van der Waals surface area contributed by atoms with Crippen molar-refractivity contribution in [1.29, 1.82) is 0 Å². The van der Waals surface area contributed by atoms with Gasteiger partial charge in [-0.25, -0.2) is 0 Å². The van der Waals surface area contributed by atoms with Crippen LogP contribution in [0.2, 0.25) is 0 Å². The minimum Gasteiger partial charge on any atom is -0.493 e. The molecule has 0 spiro atoms. The van der Waals surface area contributed by atoms with Crippen molar-refractivity contribution in [1.82, 2.24) is 0 Å². The maximum absolute atomic E-state index is 6.34. The van der Waals surface area contributed by atoms with E-state index in [2.05, 4.69) is 29.6 Å². The topological polar surface area (TPSA) is 47.3 Å². The fourth-order valence-electron chi connectivity index (χ4n) is 2.45. The van der Waals surface area contributed by atoms with Crippen LogP contribution in [-0.2, 0) is 6.42 Å². The van der Waals surface area contributed by atoms with Crippen molar-refractivity contribution in [2.24, 2.45) is 5.73 Å². The predicted octanol–water partition coefficient (Wildman–Crippen LogP) is 2.71. The van der Waals surface area contributed by atoms with Crippen LogP contribution >= 0.6 is 0 Å². The molecule has 19 heavy (non-hydrogen) atoms. The molecular weight excluding hydrogens is 236 g/mol. The highest BCUT2D eigenvalue weighted by Gasteiger charge is 2.15. The monoisotopic (exact) mass is 254 g/mol. The van der Waals surface area contributed by atoms with Gasteiger partial charge in [0.25, 0.3) is 0 Å². The summed E-state index contributed by atoms with van der Waals surface area (Å²) in [5.74, 6) is 1.00. The van der Waals surface area contributed by atoms with Crippen LogP contribution in [0.3, 0.4) is 0 Å². The van der Waals surface area contributed by atoms with Crippen LogP contribution in [0.5, 0.6) is 5.75 Å². The zero-order valence-electron chi connectivity index (χ0n) is 11.0. The van der Waals surface area contributed by atoms with Gasteiger partial charge in [-0.2, -0.15) is 0 Å². The van der Waals surface area contributed by atoms with Gasteiger partial charge in [0.15, 0.2) is 0 Å². The van der Waals surface area contributed by atoms with E-state index in [1.165, 1.54) is 5.56 Å². The van der Waals surface area contributed by atoms with Crippen LogP contribution in [0, 0.1) is 0 Å². The predicted molar refractivity (Wildman–Crippen MR) is 77.7 cm³/mol. The molecule has 2 aromatic carbocycles. The van der Waals surface area contributed by atoms with Crippen molar-refractivity contribution in [3.05, 3.63) is 59.2 Å². The fraction of sp³-hybridized carbons (Fsp3) is 0.250. The molecule has 0 amide bonds. The summed E-state index contributed by atoms with van der Waals surface area (Å²) in [6.45, 7) is 0.783. The van der Waals surface area contributed by atoms with Crippen LogP contribution in [0.4, 0.5) is 5.69 Å². The molecule has 0 saturated heterocycles. The van der Waals surface area contributed by atoms with E-state index in [0.717, 1.165) is 35.6 Å². The summed E-state index contributed by atoms with van der Waals surface area (Å²) in [5, 5.41) is 3.11. The van der Waals surface area contributed by atoms with Crippen LogP contribution in [-0.4, -0.2) is 13.7 Å². The number of rotatable bonds is 3. The summed E-state index contributed by atoms with van der Waals surface area (Å²) >= 11 is 0. The second-order valence-corrected chi connectivity index (χ2v) is 4.82. The molecule has 0 aromatic heterocycles. The number of anilines is 1.